The van der Waals surface area contributed by atoms with Gasteiger partial charge in [0.15, 0.2) is 5.96 Å². The normalized spacial score (nSPS) is 20.6. The van der Waals surface area contributed by atoms with Crippen molar-refractivity contribution in [3.63, 3.8) is 0 Å². The number of morpholine rings is 1. The Kier molecular flexibility index (Phi) is 8.42. The van der Waals surface area contributed by atoms with Gasteiger partial charge in [0.25, 0.3) is 0 Å². The molecule has 0 spiro atoms. The van der Waals surface area contributed by atoms with Crippen LogP contribution in [0.5, 0.6) is 5.75 Å². The van der Waals surface area contributed by atoms with Gasteiger partial charge < -0.3 is 20.1 Å². The minimum atomic E-state index is 0.247. The van der Waals surface area contributed by atoms with Crippen LogP contribution in [0.15, 0.2) is 29.3 Å². The smallest absolute Gasteiger partial charge is 0.191 e. The van der Waals surface area contributed by atoms with Gasteiger partial charge in [-0.3, -0.25) is 9.89 Å². The van der Waals surface area contributed by atoms with Crippen molar-refractivity contribution >= 4 is 5.96 Å². The van der Waals surface area contributed by atoms with Crippen molar-refractivity contribution in [2.45, 2.75) is 51.1 Å². The molecule has 2 fully saturated rings. The number of methoxy groups -OCH3 is 1. The molecule has 156 valence electrons. The van der Waals surface area contributed by atoms with Crippen LogP contribution in [0.3, 0.4) is 0 Å². The fourth-order valence-corrected chi connectivity index (χ4v) is 4.08. The molecule has 1 unspecified atom stereocenters. The number of hydrogen-bond donors (Lipinski definition) is 2. The summed E-state index contributed by atoms with van der Waals surface area (Å²) in [6, 6.07) is 9.20. The molecule has 1 aromatic carbocycles. The number of benzene rings is 1. The molecule has 1 aromatic rings. The maximum atomic E-state index is 5.56. The zero-order valence-electron chi connectivity index (χ0n) is 17.5. The zero-order valence-corrected chi connectivity index (χ0v) is 17.5. The van der Waals surface area contributed by atoms with E-state index in [2.05, 4.69) is 34.6 Å². The van der Waals surface area contributed by atoms with Gasteiger partial charge >= 0.3 is 0 Å². The van der Waals surface area contributed by atoms with E-state index in [0.717, 1.165) is 51.1 Å². The van der Waals surface area contributed by atoms with Gasteiger partial charge in [-0.2, -0.15) is 0 Å². The lowest BCUT2D eigenvalue weighted by Gasteiger charge is -2.34. The summed E-state index contributed by atoms with van der Waals surface area (Å²) in [6.45, 7) is 7.20. The largest absolute Gasteiger partial charge is 0.497 e. The maximum absolute atomic E-state index is 5.56. The molecule has 1 atom stereocenters. The molecular weight excluding hydrogens is 352 g/mol. The summed E-state index contributed by atoms with van der Waals surface area (Å²) in [5, 5.41) is 7.09. The lowest BCUT2D eigenvalue weighted by molar-refractivity contribution is 0.0179. The Bertz CT molecular complexity index is 593. The van der Waals surface area contributed by atoms with Crippen molar-refractivity contribution in [1.29, 1.82) is 0 Å². The predicted molar refractivity (Wildman–Crippen MR) is 114 cm³/mol. The number of rotatable bonds is 7. The number of ether oxygens (including phenoxy) is 2. The summed E-state index contributed by atoms with van der Waals surface area (Å²) in [5.74, 6) is 1.83. The van der Waals surface area contributed by atoms with Gasteiger partial charge in [-0.05, 0) is 37.5 Å². The Morgan fingerprint density at radius 2 is 1.89 bits per heavy atom. The summed E-state index contributed by atoms with van der Waals surface area (Å²) < 4.78 is 10.9. The first-order valence-electron chi connectivity index (χ1n) is 10.8. The van der Waals surface area contributed by atoms with E-state index >= 15 is 0 Å². The van der Waals surface area contributed by atoms with Gasteiger partial charge in [-0.1, -0.05) is 31.4 Å². The van der Waals surface area contributed by atoms with E-state index in [0.29, 0.717) is 6.04 Å². The second-order valence-corrected chi connectivity index (χ2v) is 7.64. The van der Waals surface area contributed by atoms with Crippen molar-refractivity contribution in [3.8, 4) is 5.75 Å². The molecule has 0 radical (unpaired) electrons. The molecule has 2 N–H and O–H groups in total. The van der Waals surface area contributed by atoms with Gasteiger partial charge in [0, 0.05) is 25.7 Å². The Labute approximate surface area is 169 Å². The highest BCUT2D eigenvalue weighted by Crippen LogP contribution is 2.24. The number of aliphatic imine (C=N–C) groups is 1. The van der Waals surface area contributed by atoms with Gasteiger partial charge in [-0.15, -0.1) is 0 Å². The molecule has 0 amide bonds. The number of hydrogen-bond acceptors (Lipinski definition) is 4. The van der Waals surface area contributed by atoms with Gasteiger partial charge in [-0.25, -0.2) is 0 Å². The molecule has 0 bridgehead atoms. The summed E-state index contributed by atoms with van der Waals surface area (Å²) in [7, 11) is 1.71. The van der Waals surface area contributed by atoms with Gasteiger partial charge in [0.1, 0.15) is 5.75 Å². The Morgan fingerprint density at radius 3 is 2.54 bits per heavy atom. The SMILES string of the molecule is CCNC(=NCC(c1ccc(OC)cc1)N1CCOCC1)NC1CCCCC1. The van der Waals surface area contributed by atoms with Crippen LogP contribution in [-0.4, -0.2) is 63.4 Å². The Morgan fingerprint density at radius 1 is 1.18 bits per heavy atom. The third-order valence-electron chi connectivity index (χ3n) is 5.70. The fraction of sp³-hybridized carbons (Fsp3) is 0.682. The summed E-state index contributed by atoms with van der Waals surface area (Å²) in [5.41, 5.74) is 1.28. The second kappa shape index (κ2) is 11.3. The monoisotopic (exact) mass is 388 g/mol. The minimum absolute atomic E-state index is 0.247. The molecular formula is C22H36N4O2. The third-order valence-corrected chi connectivity index (χ3v) is 5.70. The molecule has 6 heteroatoms. The molecule has 0 aromatic heterocycles. The number of nitrogens with zero attached hydrogens (tertiary/aromatic N) is 2. The molecule has 1 saturated carbocycles. The first kappa shape index (κ1) is 20.9. The molecule has 28 heavy (non-hydrogen) atoms. The second-order valence-electron chi connectivity index (χ2n) is 7.64. The molecule has 1 heterocycles. The van der Waals surface area contributed by atoms with E-state index in [9.17, 15) is 0 Å². The van der Waals surface area contributed by atoms with Crippen LogP contribution in [0.4, 0.5) is 0 Å². The van der Waals surface area contributed by atoms with E-state index in [4.69, 9.17) is 14.5 Å². The fourth-order valence-electron chi connectivity index (χ4n) is 4.08. The van der Waals surface area contributed by atoms with Crippen LogP contribution in [-0.2, 0) is 4.74 Å². The van der Waals surface area contributed by atoms with Crippen molar-refractivity contribution in [2.75, 3.05) is 46.5 Å². The zero-order chi connectivity index (χ0) is 19.6. The number of nitrogens with one attached hydrogen (secondary N) is 2. The standard InChI is InChI=1S/C22H36N4O2/c1-3-23-22(25-19-7-5-4-6-8-19)24-17-21(26-13-15-28-16-14-26)18-9-11-20(27-2)12-10-18/h9-12,19,21H,3-8,13-17H2,1-2H3,(H2,23,24,25). The Balaban J connectivity index is 1.72. The summed E-state index contributed by atoms with van der Waals surface area (Å²) >= 11 is 0. The van der Waals surface area contributed by atoms with Crippen molar-refractivity contribution < 1.29 is 9.47 Å². The van der Waals surface area contributed by atoms with Crippen LogP contribution in [0.25, 0.3) is 0 Å². The Hall–Kier alpha value is -1.79. The van der Waals surface area contributed by atoms with E-state index in [1.54, 1.807) is 7.11 Å². The van der Waals surface area contributed by atoms with E-state index in [-0.39, 0.29) is 6.04 Å². The summed E-state index contributed by atoms with van der Waals surface area (Å²) in [4.78, 5) is 7.47. The highest BCUT2D eigenvalue weighted by Gasteiger charge is 2.23. The molecule has 3 rings (SSSR count). The first-order chi connectivity index (χ1) is 13.8. The highest BCUT2D eigenvalue weighted by molar-refractivity contribution is 5.80. The molecule has 1 saturated heterocycles. The van der Waals surface area contributed by atoms with Crippen molar-refractivity contribution in [3.05, 3.63) is 29.8 Å². The predicted octanol–water partition coefficient (Wildman–Crippen LogP) is 2.96. The van der Waals surface area contributed by atoms with E-state index in [1.807, 2.05) is 12.1 Å². The van der Waals surface area contributed by atoms with Crippen LogP contribution in [0, 0.1) is 0 Å². The quantitative estimate of drug-likeness (QED) is 0.556. The highest BCUT2D eigenvalue weighted by atomic mass is 16.5. The topological polar surface area (TPSA) is 58.1 Å². The van der Waals surface area contributed by atoms with Crippen LogP contribution < -0.4 is 15.4 Å². The first-order valence-corrected chi connectivity index (χ1v) is 10.8. The van der Waals surface area contributed by atoms with Gasteiger partial charge in [0.2, 0.25) is 0 Å². The van der Waals surface area contributed by atoms with Crippen LogP contribution in [0.1, 0.15) is 50.6 Å². The van der Waals surface area contributed by atoms with Crippen LogP contribution >= 0.6 is 0 Å². The minimum Gasteiger partial charge on any atom is -0.497 e. The van der Waals surface area contributed by atoms with Crippen molar-refractivity contribution in [2.24, 2.45) is 4.99 Å². The van der Waals surface area contributed by atoms with E-state index < -0.39 is 0 Å². The number of guanidine groups is 1. The molecule has 6 nitrogen and oxygen atoms in total. The molecule has 2 aliphatic rings. The van der Waals surface area contributed by atoms with Gasteiger partial charge in [0.05, 0.1) is 32.9 Å². The lowest BCUT2D eigenvalue weighted by atomic mass is 9.96. The lowest BCUT2D eigenvalue weighted by Crippen LogP contribution is -2.45. The molecule has 1 aliphatic carbocycles. The maximum Gasteiger partial charge on any atom is 0.191 e. The third kappa shape index (κ3) is 6.11. The van der Waals surface area contributed by atoms with Crippen molar-refractivity contribution in [1.82, 2.24) is 15.5 Å². The average molecular weight is 389 g/mol. The van der Waals surface area contributed by atoms with E-state index in [1.165, 1.54) is 37.7 Å². The average Bonchev–Trinajstić information content (AvgIpc) is 2.76. The molecule has 1 aliphatic heterocycles. The van der Waals surface area contributed by atoms with Crippen LogP contribution in [0.2, 0.25) is 0 Å². The summed E-state index contributed by atoms with van der Waals surface area (Å²) in [6.07, 6.45) is 6.49.